The SMILES string of the molecule is COc1cccc(/C=C(\C#N)c2nc3ccc(C)cc3[nH]2)c1OCC(=O)Nc1ccc(F)cc1. The third kappa shape index (κ3) is 5.05. The molecule has 4 aromatic rings. The van der Waals surface area contributed by atoms with Crippen molar-refractivity contribution in [2.24, 2.45) is 0 Å². The van der Waals surface area contributed by atoms with Gasteiger partial charge in [-0.2, -0.15) is 5.26 Å². The number of aryl methyl sites for hydroxylation is 1. The Labute approximate surface area is 195 Å². The topological polar surface area (TPSA) is 100 Å². The van der Waals surface area contributed by atoms with Crippen molar-refractivity contribution in [3.8, 4) is 17.6 Å². The van der Waals surface area contributed by atoms with Gasteiger partial charge in [-0.25, -0.2) is 9.37 Å². The van der Waals surface area contributed by atoms with Crippen LogP contribution in [0.5, 0.6) is 11.5 Å². The number of carbonyl (C=O) groups is 1. The maximum Gasteiger partial charge on any atom is 0.262 e. The molecule has 0 saturated carbocycles. The van der Waals surface area contributed by atoms with Gasteiger partial charge in [0.05, 0.1) is 23.7 Å². The lowest BCUT2D eigenvalue weighted by atomic mass is 10.1. The predicted octanol–water partition coefficient (Wildman–Crippen LogP) is 5.10. The number of para-hydroxylation sites is 1. The van der Waals surface area contributed by atoms with Gasteiger partial charge < -0.3 is 19.8 Å². The van der Waals surface area contributed by atoms with E-state index in [-0.39, 0.29) is 6.61 Å². The molecule has 0 aliphatic carbocycles. The fourth-order valence-electron chi connectivity index (χ4n) is 3.39. The van der Waals surface area contributed by atoms with Gasteiger partial charge >= 0.3 is 0 Å². The lowest BCUT2D eigenvalue weighted by molar-refractivity contribution is -0.118. The van der Waals surface area contributed by atoms with Gasteiger partial charge in [0.25, 0.3) is 5.91 Å². The molecule has 4 rings (SSSR count). The van der Waals surface area contributed by atoms with E-state index >= 15 is 0 Å². The molecule has 1 aromatic heterocycles. The van der Waals surface area contributed by atoms with Crippen LogP contribution in [0, 0.1) is 24.1 Å². The first kappa shape index (κ1) is 22.6. The molecule has 170 valence electrons. The van der Waals surface area contributed by atoms with Crippen LogP contribution in [-0.4, -0.2) is 29.6 Å². The second-order valence-corrected chi connectivity index (χ2v) is 7.50. The number of halogens is 1. The molecule has 0 unspecified atom stereocenters. The summed E-state index contributed by atoms with van der Waals surface area (Å²) in [4.78, 5) is 20.0. The Morgan fingerprint density at radius 2 is 2.00 bits per heavy atom. The molecule has 0 radical (unpaired) electrons. The number of aromatic nitrogens is 2. The second kappa shape index (κ2) is 9.88. The minimum absolute atomic E-state index is 0.294. The van der Waals surface area contributed by atoms with E-state index < -0.39 is 11.7 Å². The molecule has 2 N–H and O–H groups in total. The Bertz CT molecular complexity index is 1420. The lowest BCUT2D eigenvalue weighted by Gasteiger charge is -2.13. The Hall–Kier alpha value is -4.64. The van der Waals surface area contributed by atoms with Crippen molar-refractivity contribution in [1.29, 1.82) is 5.26 Å². The summed E-state index contributed by atoms with van der Waals surface area (Å²) >= 11 is 0. The molecule has 0 saturated heterocycles. The van der Waals surface area contributed by atoms with Crippen molar-refractivity contribution < 1.29 is 18.7 Å². The number of amides is 1. The average molecular weight is 456 g/mol. The van der Waals surface area contributed by atoms with E-state index in [4.69, 9.17) is 9.47 Å². The van der Waals surface area contributed by atoms with E-state index in [0.717, 1.165) is 16.6 Å². The largest absolute Gasteiger partial charge is 0.493 e. The van der Waals surface area contributed by atoms with Crippen molar-refractivity contribution in [2.75, 3.05) is 19.0 Å². The van der Waals surface area contributed by atoms with E-state index in [1.54, 1.807) is 24.3 Å². The van der Waals surface area contributed by atoms with Crippen LogP contribution in [-0.2, 0) is 4.79 Å². The zero-order valence-electron chi connectivity index (χ0n) is 18.6. The summed E-state index contributed by atoms with van der Waals surface area (Å²) in [7, 11) is 1.49. The fourth-order valence-corrected chi connectivity index (χ4v) is 3.39. The predicted molar refractivity (Wildman–Crippen MR) is 128 cm³/mol. The van der Waals surface area contributed by atoms with Crippen LogP contribution in [0.2, 0.25) is 0 Å². The van der Waals surface area contributed by atoms with Crippen LogP contribution in [0.1, 0.15) is 17.0 Å². The van der Waals surface area contributed by atoms with Gasteiger partial charge in [0.2, 0.25) is 0 Å². The number of carbonyl (C=O) groups excluding carboxylic acids is 1. The van der Waals surface area contributed by atoms with Crippen molar-refractivity contribution >= 4 is 34.3 Å². The Morgan fingerprint density at radius 3 is 2.74 bits per heavy atom. The summed E-state index contributed by atoms with van der Waals surface area (Å²) in [5.74, 6) is 0.305. The van der Waals surface area contributed by atoms with Crippen molar-refractivity contribution in [1.82, 2.24) is 9.97 Å². The molecule has 3 aromatic carbocycles. The quantitative estimate of drug-likeness (QED) is 0.377. The molecule has 8 heteroatoms. The number of H-pyrrole nitrogens is 1. The smallest absolute Gasteiger partial charge is 0.262 e. The van der Waals surface area contributed by atoms with Crippen molar-refractivity contribution in [2.45, 2.75) is 6.92 Å². The van der Waals surface area contributed by atoms with E-state index in [2.05, 4.69) is 21.4 Å². The highest BCUT2D eigenvalue weighted by Crippen LogP contribution is 2.33. The van der Waals surface area contributed by atoms with Gasteiger partial charge in [0, 0.05) is 11.3 Å². The number of ether oxygens (including phenoxy) is 2. The first-order valence-electron chi connectivity index (χ1n) is 10.4. The highest BCUT2D eigenvalue weighted by molar-refractivity contribution is 5.93. The van der Waals surface area contributed by atoms with Gasteiger partial charge in [-0.05, 0) is 61.0 Å². The van der Waals surface area contributed by atoms with E-state index in [1.807, 2.05) is 25.1 Å². The number of nitriles is 1. The molecule has 0 spiro atoms. The third-order valence-corrected chi connectivity index (χ3v) is 5.02. The summed E-state index contributed by atoms with van der Waals surface area (Å²) in [6, 6.07) is 18.6. The average Bonchev–Trinajstić information content (AvgIpc) is 3.25. The normalized spacial score (nSPS) is 11.2. The van der Waals surface area contributed by atoms with Crippen LogP contribution in [0.3, 0.4) is 0 Å². The van der Waals surface area contributed by atoms with Crippen LogP contribution in [0.4, 0.5) is 10.1 Å². The molecule has 0 bridgehead atoms. The zero-order chi connectivity index (χ0) is 24.1. The second-order valence-electron chi connectivity index (χ2n) is 7.50. The minimum atomic E-state index is -0.430. The molecule has 0 aliphatic rings. The number of nitrogens with one attached hydrogen (secondary N) is 2. The third-order valence-electron chi connectivity index (χ3n) is 5.02. The zero-order valence-corrected chi connectivity index (χ0v) is 18.6. The highest BCUT2D eigenvalue weighted by atomic mass is 19.1. The molecular formula is C26H21FN4O3. The molecule has 0 fully saturated rings. The number of hydrogen-bond acceptors (Lipinski definition) is 5. The standard InChI is InChI=1S/C26H21FN4O3/c1-16-6-11-21-22(12-16)31-26(30-21)18(14-28)13-17-4-3-5-23(33-2)25(17)34-15-24(32)29-20-9-7-19(27)8-10-20/h3-13H,15H2,1-2H3,(H,29,32)(H,30,31)/b18-13+. The number of rotatable bonds is 7. The number of nitrogens with zero attached hydrogens (tertiary/aromatic N) is 2. The molecule has 1 heterocycles. The number of fused-ring (bicyclic) bond motifs is 1. The summed E-state index contributed by atoms with van der Waals surface area (Å²) in [6.45, 7) is 1.66. The number of hydrogen-bond donors (Lipinski definition) is 2. The Morgan fingerprint density at radius 1 is 1.21 bits per heavy atom. The van der Waals surface area contributed by atoms with Gasteiger partial charge in [-0.3, -0.25) is 4.79 Å². The van der Waals surface area contributed by atoms with Crippen LogP contribution < -0.4 is 14.8 Å². The monoisotopic (exact) mass is 456 g/mol. The molecule has 1 amide bonds. The van der Waals surface area contributed by atoms with Gasteiger partial charge in [0.15, 0.2) is 18.1 Å². The maximum atomic E-state index is 13.1. The number of allylic oxidation sites excluding steroid dienone is 1. The fraction of sp³-hybridized carbons (Fsp3) is 0.115. The number of methoxy groups -OCH3 is 1. The summed E-state index contributed by atoms with van der Waals surface area (Å²) in [5.41, 5.74) is 3.94. The number of imidazole rings is 1. The van der Waals surface area contributed by atoms with Crippen LogP contribution in [0.25, 0.3) is 22.7 Å². The van der Waals surface area contributed by atoms with Crippen molar-refractivity contribution in [3.63, 3.8) is 0 Å². The minimum Gasteiger partial charge on any atom is -0.493 e. The van der Waals surface area contributed by atoms with Crippen LogP contribution in [0.15, 0.2) is 60.7 Å². The molecule has 0 atom stereocenters. The summed E-state index contributed by atoms with van der Waals surface area (Å²) in [5, 5.41) is 12.4. The first-order valence-corrected chi connectivity index (χ1v) is 10.4. The number of aromatic amines is 1. The highest BCUT2D eigenvalue weighted by Gasteiger charge is 2.15. The van der Waals surface area contributed by atoms with Gasteiger partial charge in [-0.15, -0.1) is 0 Å². The molecule has 34 heavy (non-hydrogen) atoms. The van der Waals surface area contributed by atoms with Crippen molar-refractivity contribution in [3.05, 3.63) is 83.4 Å². The van der Waals surface area contributed by atoms with E-state index in [9.17, 15) is 14.4 Å². The number of anilines is 1. The summed E-state index contributed by atoms with van der Waals surface area (Å²) < 4.78 is 24.2. The van der Waals surface area contributed by atoms with Gasteiger partial charge in [0.1, 0.15) is 17.7 Å². The molecule has 7 nitrogen and oxygen atoms in total. The maximum absolute atomic E-state index is 13.1. The Kier molecular flexibility index (Phi) is 6.55. The lowest BCUT2D eigenvalue weighted by Crippen LogP contribution is -2.20. The molecular weight excluding hydrogens is 435 g/mol. The van der Waals surface area contributed by atoms with E-state index in [1.165, 1.54) is 31.4 Å². The van der Waals surface area contributed by atoms with Crippen LogP contribution >= 0.6 is 0 Å². The van der Waals surface area contributed by atoms with Gasteiger partial charge in [-0.1, -0.05) is 18.2 Å². The Balaban J connectivity index is 1.60. The number of benzene rings is 3. The molecule has 0 aliphatic heterocycles. The van der Waals surface area contributed by atoms with E-state index in [0.29, 0.717) is 34.1 Å². The summed E-state index contributed by atoms with van der Waals surface area (Å²) in [6.07, 6.45) is 1.63. The first-order chi connectivity index (χ1) is 16.5.